The number of amides is 1. The Hall–Kier alpha value is -1.91. The molecule has 0 saturated heterocycles. The molecule has 1 atom stereocenters. The van der Waals surface area contributed by atoms with Crippen molar-refractivity contribution in [3.05, 3.63) is 35.6 Å². The van der Waals surface area contributed by atoms with Gasteiger partial charge in [-0.2, -0.15) is 0 Å². The minimum Gasteiger partial charge on any atom is -0.481 e. The molecule has 1 aromatic rings. The van der Waals surface area contributed by atoms with Gasteiger partial charge in [0.25, 0.3) is 0 Å². The second-order valence-electron chi connectivity index (χ2n) is 5.74. The molecule has 0 radical (unpaired) electrons. The monoisotopic (exact) mass is 309 g/mol. The summed E-state index contributed by atoms with van der Waals surface area (Å²) in [6.45, 7) is 5.43. The van der Waals surface area contributed by atoms with Gasteiger partial charge in [-0.3, -0.25) is 9.59 Å². The van der Waals surface area contributed by atoms with Crippen LogP contribution >= 0.6 is 0 Å². The van der Waals surface area contributed by atoms with Crippen LogP contribution < -0.4 is 5.32 Å². The number of carbonyl (C=O) groups is 2. The van der Waals surface area contributed by atoms with Gasteiger partial charge >= 0.3 is 5.97 Å². The number of hydrogen-bond donors (Lipinski definition) is 2. The Bertz CT molecular complexity index is 526. The van der Waals surface area contributed by atoms with E-state index in [4.69, 9.17) is 5.11 Å². The molecule has 0 fully saturated rings. The molecular weight excluding hydrogens is 285 g/mol. The Morgan fingerprint density at radius 1 is 1.27 bits per heavy atom. The first-order chi connectivity index (χ1) is 10.3. The highest BCUT2D eigenvalue weighted by molar-refractivity contribution is 5.80. The molecule has 0 aliphatic carbocycles. The van der Waals surface area contributed by atoms with Crippen LogP contribution in [0.4, 0.5) is 4.39 Å². The molecule has 0 spiro atoms. The molecule has 0 bridgehead atoms. The lowest BCUT2D eigenvalue weighted by Gasteiger charge is -2.32. The highest BCUT2D eigenvalue weighted by Gasteiger charge is 2.32. The zero-order chi connectivity index (χ0) is 16.8. The second kappa shape index (κ2) is 7.92. The maximum atomic E-state index is 13.6. The molecule has 1 amide bonds. The van der Waals surface area contributed by atoms with Gasteiger partial charge in [-0.1, -0.05) is 39.0 Å². The maximum Gasteiger partial charge on any atom is 0.305 e. The van der Waals surface area contributed by atoms with Crippen molar-refractivity contribution >= 4 is 11.9 Å². The minimum absolute atomic E-state index is 0.113. The summed E-state index contributed by atoms with van der Waals surface area (Å²) in [5.41, 5.74) is -0.256. The van der Waals surface area contributed by atoms with Crippen molar-refractivity contribution in [1.82, 2.24) is 5.32 Å². The van der Waals surface area contributed by atoms with Crippen LogP contribution in [0.2, 0.25) is 0 Å². The van der Waals surface area contributed by atoms with Gasteiger partial charge in [0.2, 0.25) is 5.91 Å². The molecule has 1 aromatic carbocycles. The van der Waals surface area contributed by atoms with Gasteiger partial charge in [-0.15, -0.1) is 0 Å². The number of halogens is 1. The van der Waals surface area contributed by atoms with Crippen molar-refractivity contribution < 1.29 is 19.1 Å². The Balaban J connectivity index is 2.77. The standard InChI is InChI=1S/C17H24FNO3/c1-4-17(5-2,11-15(20)21)19-16(22)12(3)10-13-8-6-7-9-14(13)18/h6-9,12H,4-5,10-11H2,1-3H3,(H,19,22)(H,20,21). The van der Waals surface area contributed by atoms with Crippen LogP contribution in [0, 0.1) is 11.7 Å². The van der Waals surface area contributed by atoms with E-state index in [0.29, 0.717) is 18.4 Å². The van der Waals surface area contributed by atoms with Gasteiger partial charge in [0, 0.05) is 11.5 Å². The third kappa shape index (κ3) is 4.83. The van der Waals surface area contributed by atoms with Crippen molar-refractivity contribution in [2.45, 2.75) is 52.0 Å². The summed E-state index contributed by atoms with van der Waals surface area (Å²) in [5.74, 6) is -1.94. The highest BCUT2D eigenvalue weighted by Crippen LogP contribution is 2.21. The van der Waals surface area contributed by atoms with Gasteiger partial charge in [-0.05, 0) is 30.9 Å². The van der Waals surface area contributed by atoms with Crippen LogP contribution in [0.5, 0.6) is 0 Å². The van der Waals surface area contributed by atoms with Gasteiger partial charge in [0.1, 0.15) is 5.82 Å². The molecule has 5 heteroatoms. The van der Waals surface area contributed by atoms with Crippen molar-refractivity contribution in [2.75, 3.05) is 0 Å². The average Bonchev–Trinajstić information content (AvgIpc) is 2.48. The Kier molecular flexibility index (Phi) is 6.53. The summed E-state index contributed by atoms with van der Waals surface area (Å²) in [5, 5.41) is 11.9. The van der Waals surface area contributed by atoms with Crippen molar-refractivity contribution in [3.63, 3.8) is 0 Å². The number of carbonyl (C=O) groups excluding carboxylic acids is 1. The van der Waals surface area contributed by atoms with E-state index >= 15 is 0 Å². The molecule has 0 heterocycles. The fourth-order valence-electron chi connectivity index (χ4n) is 2.48. The maximum absolute atomic E-state index is 13.6. The number of benzene rings is 1. The first-order valence-electron chi connectivity index (χ1n) is 7.60. The zero-order valence-electron chi connectivity index (χ0n) is 13.4. The molecule has 1 rings (SSSR count). The molecule has 4 nitrogen and oxygen atoms in total. The predicted octanol–water partition coefficient (Wildman–Crippen LogP) is 3.15. The van der Waals surface area contributed by atoms with Crippen molar-refractivity contribution in [2.24, 2.45) is 5.92 Å². The number of carboxylic acid groups (broad SMARTS) is 1. The van der Waals surface area contributed by atoms with E-state index in [9.17, 15) is 14.0 Å². The molecule has 122 valence electrons. The fraction of sp³-hybridized carbons (Fsp3) is 0.529. The van der Waals surface area contributed by atoms with E-state index < -0.39 is 17.4 Å². The topological polar surface area (TPSA) is 66.4 Å². The molecule has 22 heavy (non-hydrogen) atoms. The fourth-order valence-corrected chi connectivity index (χ4v) is 2.48. The van der Waals surface area contributed by atoms with E-state index in [1.807, 2.05) is 13.8 Å². The molecule has 0 saturated carbocycles. The van der Waals surface area contributed by atoms with E-state index in [-0.39, 0.29) is 24.6 Å². The van der Waals surface area contributed by atoms with Gasteiger partial charge in [0.15, 0.2) is 0 Å². The third-order valence-electron chi connectivity index (χ3n) is 4.16. The summed E-state index contributed by atoms with van der Waals surface area (Å²) in [7, 11) is 0. The van der Waals surface area contributed by atoms with E-state index in [0.717, 1.165) is 0 Å². The molecule has 0 aliphatic heterocycles. The largest absolute Gasteiger partial charge is 0.481 e. The molecule has 0 aromatic heterocycles. The lowest BCUT2D eigenvalue weighted by atomic mass is 9.87. The van der Waals surface area contributed by atoms with Crippen LogP contribution in [0.25, 0.3) is 0 Å². The zero-order valence-corrected chi connectivity index (χ0v) is 13.4. The van der Waals surface area contributed by atoms with E-state index in [1.165, 1.54) is 6.07 Å². The third-order valence-corrected chi connectivity index (χ3v) is 4.16. The summed E-state index contributed by atoms with van der Waals surface area (Å²) in [4.78, 5) is 23.4. The van der Waals surface area contributed by atoms with Crippen LogP contribution in [0.1, 0.15) is 45.6 Å². The first-order valence-corrected chi connectivity index (χ1v) is 7.60. The van der Waals surface area contributed by atoms with Crippen LogP contribution in [-0.4, -0.2) is 22.5 Å². The second-order valence-corrected chi connectivity index (χ2v) is 5.74. The van der Waals surface area contributed by atoms with E-state index in [1.54, 1.807) is 25.1 Å². The Morgan fingerprint density at radius 3 is 2.36 bits per heavy atom. The number of aliphatic carboxylic acids is 1. The van der Waals surface area contributed by atoms with Gasteiger partial charge in [0.05, 0.1) is 6.42 Å². The summed E-state index contributed by atoms with van der Waals surface area (Å²) in [6.07, 6.45) is 1.25. The highest BCUT2D eigenvalue weighted by atomic mass is 19.1. The number of nitrogens with one attached hydrogen (secondary N) is 1. The molecule has 0 aliphatic rings. The predicted molar refractivity (Wildman–Crippen MR) is 83.0 cm³/mol. The summed E-state index contributed by atoms with van der Waals surface area (Å²) in [6, 6.07) is 6.36. The average molecular weight is 309 g/mol. The lowest BCUT2D eigenvalue weighted by Crippen LogP contribution is -2.51. The number of rotatable bonds is 8. The Labute approximate surface area is 130 Å². The molecule has 1 unspecified atom stereocenters. The molecular formula is C17H24FNO3. The SMILES string of the molecule is CCC(CC)(CC(=O)O)NC(=O)C(C)Cc1ccccc1F. The molecule has 2 N–H and O–H groups in total. The van der Waals surface area contributed by atoms with Crippen molar-refractivity contribution in [3.8, 4) is 0 Å². The van der Waals surface area contributed by atoms with E-state index in [2.05, 4.69) is 5.32 Å². The minimum atomic E-state index is -0.939. The van der Waals surface area contributed by atoms with Crippen molar-refractivity contribution in [1.29, 1.82) is 0 Å². The van der Waals surface area contributed by atoms with Gasteiger partial charge < -0.3 is 10.4 Å². The van der Waals surface area contributed by atoms with Gasteiger partial charge in [-0.25, -0.2) is 4.39 Å². The quantitative estimate of drug-likeness (QED) is 0.775. The smallest absolute Gasteiger partial charge is 0.305 e. The summed E-state index contributed by atoms with van der Waals surface area (Å²) < 4.78 is 13.6. The number of carboxylic acids is 1. The normalized spacial score (nSPS) is 12.7. The first kappa shape index (κ1) is 18.1. The number of hydrogen-bond acceptors (Lipinski definition) is 2. The van der Waals surface area contributed by atoms with Crippen LogP contribution in [0.15, 0.2) is 24.3 Å². The lowest BCUT2D eigenvalue weighted by molar-refractivity contribution is -0.139. The van der Waals surface area contributed by atoms with Crippen LogP contribution in [-0.2, 0) is 16.0 Å². The Morgan fingerprint density at radius 2 is 1.86 bits per heavy atom. The summed E-state index contributed by atoms with van der Waals surface area (Å²) >= 11 is 0. The van der Waals surface area contributed by atoms with Crippen LogP contribution in [0.3, 0.4) is 0 Å².